The molecule has 0 bridgehead atoms. The van der Waals surface area contributed by atoms with Crippen molar-refractivity contribution in [2.75, 3.05) is 45.6 Å². The van der Waals surface area contributed by atoms with Crippen molar-refractivity contribution in [1.29, 1.82) is 0 Å². The van der Waals surface area contributed by atoms with Gasteiger partial charge >= 0.3 is 0 Å². The first-order chi connectivity index (χ1) is 13.2. The van der Waals surface area contributed by atoms with E-state index in [1.165, 1.54) is 5.56 Å². The molecular formula is C20H30ClN3O3S. The summed E-state index contributed by atoms with van der Waals surface area (Å²) in [4.78, 5) is 6.48. The molecule has 1 aromatic carbocycles. The maximum atomic E-state index is 12.3. The van der Waals surface area contributed by atoms with Crippen LogP contribution in [-0.2, 0) is 20.0 Å². The van der Waals surface area contributed by atoms with Gasteiger partial charge in [0, 0.05) is 50.3 Å². The van der Waals surface area contributed by atoms with Crippen molar-refractivity contribution in [1.82, 2.24) is 10.2 Å². The highest BCUT2D eigenvalue weighted by Crippen LogP contribution is 2.35. The normalized spacial score (nSPS) is 24.0. The number of hydrogen-bond acceptors (Lipinski definition) is 4. The summed E-state index contributed by atoms with van der Waals surface area (Å²) in [5, 5.41) is 4.25. The number of nitrogens with zero attached hydrogens (tertiary/aromatic N) is 2. The van der Waals surface area contributed by atoms with Crippen molar-refractivity contribution in [3.63, 3.8) is 0 Å². The van der Waals surface area contributed by atoms with Gasteiger partial charge in [0.1, 0.15) is 0 Å². The van der Waals surface area contributed by atoms with Crippen LogP contribution in [0.4, 0.5) is 0 Å². The molecule has 8 heteroatoms. The van der Waals surface area contributed by atoms with Crippen LogP contribution in [0.1, 0.15) is 32.3 Å². The number of ether oxygens (including phenoxy) is 1. The summed E-state index contributed by atoms with van der Waals surface area (Å²) in [6.07, 6.45) is 1.80. The molecule has 2 aliphatic rings. The molecule has 2 aliphatic heterocycles. The van der Waals surface area contributed by atoms with Gasteiger partial charge in [0.2, 0.25) is 0 Å². The van der Waals surface area contributed by atoms with Gasteiger partial charge < -0.3 is 15.0 Å². The van der Waals surface area contributed by atoms with E-state index < -0.39 is 14.6 Å². The SMILES string of the molecule is CN=C(NCC1(c2cccc(Cl)c2)CCOCC1)N1CCS(=O)(=O)C(C)(C)C1. The minimum atomic E-state index is -3.09. The van der Waals surface area contributed by atoms with E-state index in [-0.39, 0.29) is 11.2 Å². The second-order valence-corrected chi connectivity index (χ2v) is 11.5. The van der Waals surface area contributed by atoms with Crippen molar-refractivity contribution >= 4 is 27.4 Å². The zero-order valence-corrected chi connectivity index (χ0v) is 18.4. The van der Waals surface area contributed by atoms with Crippen LogP contribution in [0, 0.1) is 0 Å². The maximum absolute atomic E-state index is 12.3. The predicted octanol–water partition coefficient (Wildman–Crippen LogP) is 2.47. The number of halogens is 1. The molecule has 2 fully saturated rings. The van der Waals surface area contributed by atoms with Gasteiger partial charge in [0.05, 0.1) is 10.5 Å². The smallest absolute Gasteiger partial charge is 0.193 e. The van der Waals surface area contributed by atoms with Crippen molar-refractivity contribution in [3.05, 3.63) is 34.9 Å². The van der Waals surface area contributed by atoms with Gasteiger partial charge in [0.15, 0.2) is 15.8 Å². The largest absolute Gasteiger partial charge is 0.381 e. The topological polar surface area (TPSA) is 71.0 Å². The van der Waals surface area contributed by atoms with Gasteiger partial charge in [-0.05, 0) is 44.4 Å². The van der Waals surface area contributed by atoms with Crippen LogP contribution >= 0.6 is 11.6 Å². The molecule has 0 radical (unpaired) electrons. The summed E-state index contributed by atoms with van der Waals surface area (Å²) in [5.74, 6) is 0.893. The molecule has 0 aliphatic carbocycles. The highest BCUT2D eigenvalue weighted by atomic mass is 35.5. The summed E-state index contributed by atoms with van der Waals surface area (Å²) >= 11 is 6.26. The lowest BCUT2D eigenvalue weighted by molar-refractivity contribution is 0.0511. The van der Waals surface area contributed by atoms with Crippen molar-refractivity contribution in [2.45, 2.75) is 36.9 Å². The van der Waals surface area contributed by atoms with Crippen LogP contribution in [0.2, 0.25) is 5.02 Å². The van der Waals surface area contributed by atoms with Crippen LogP contribution in [0.5, 0.6) is 0 Å². The fraction of sp³-hybridized carbons (Fsp3) is 0.650. The zero-order chi connectivity index (χ0) is 20.4. The number of guanidine groups is 1. The van der Waals surface area contributed by atoms with Gasteiger partial charge in [0.25, 0.3) is 0 Å². The Morgan fingerprint density at radius 2 is 2.04 bits per heavy atom. The van der Waals surface area contributed by atoms with Gasteiger partial charge in [-0.3, -0.25) is 4.99 Å². The number of benzene rings is 1. The Kier molecular flexibility index (Phi) is 6.27. The number of hydrogen-bond donors (Lipinski definition) is 1. The molecule has 156 valence electrons. The molecule has 6 nitrogen and oxygen atoms in total. The Labute approximate surface area is 173 Å². The molecule has 2 heterocycles. The van der Waals surface area contributed by atoms with E-state index in [1.807, 2.05) is 23.1 Å². The first-order valence-corrected chi connectivity index (χ1v) is 11.7. The highest BCUT2D eigenvalue weighted by molar-refractivity contribution is 7.92. The molecule has 1 N–H and O–H groups in total. The lowest BCUT2D eigenvalue weighted by atomic mass is 9.74. The second-order valence-electron chi connectivity index (χ2n) is 8.30. The van der Waals surface area contributed by atoms with Gasteiger partial charge in [-0.25, -0.2) is 8.42 Å². The van der Waals surface area contributed by atoms with E-state index in [4.69, 9.17) is 16.3 Å². The first-order valence-electron chi connectivity index (χ1n) is 9.71. The van der Waals surface area contributed by atoms with Crippen molar-refractivity contribution < 1.29 is 13.2 Å². The predicted molar refractivity (Wildman–Crippen MR) is 114 cm³/mol. The fourth-order valence-electron chi connectivity index (χ4n) is 4.05. The van der Waals surface area contributed by atoms with Crippen LogP contribution in [-0.4, -0.2) is 69.7 Å². The summed E-state index contributed by atoms with van der Waals surface area (Å²) in [6, 6.07) is 8.04. The average Bonchev–Trinajstić information content (AvgIpc) is 2.66. The molecule has 0 spiro atoms. The quantitative estimate of drug-likeness (QED) is 0.592. The minimum Gasteiger partial charge on any atom is -0.381 e. The van der Waals surface area contributed by atoms with Crippen molar-refractivity contribution in [3.8, 4) is 0 Å². The number of nitrogens with one attached hydrogen (secondary N) is 1. The Morgan fingerprint density at radius 3 is 2.64 bits per heavy atom. The summed E-state index contributed by atoms with van der Waals surface area (Å²) in [7, 11) is -1.34. The number of rotatable bonds is 3. The standard InChI is InChI=1S/C20H30ClN3O3S/c1-19(2)15-24(9-12-28(19,25)26)18(22-3)23-14-20(7-10-27-11-8-20)16-5-4-6-17(21)13-16/h4-6,13H,7-12,14-15H2,1-3H3,(H,22,23). The third-order valence-corrected chi connectivity index (χ3v) is 8.79. The van der Waals surface area contributed by atoms with Gasteiger partial charge in [-0.15, -0.1) is 0 Å². The molecule has 0 amide bonds. The average molecular weight is 428 g/mol. The van der Waals surface area contributed by atoms with Crippen LogP contribution in [0.15, 0.2) is 29.3 Å². The monoisotopic (exact) mass is 427 g/mol. The Balaban J connectivity index is 1.77. The second kappa shape index (κ2) is 8.20. The lowest BCUT2D eigenvalue weighted by Gasteiger charge is -2.42. The van der Waals surface area contributed by atoms with E-state index in [2.05, 4.69) is 16.4 Å². The summed E-state index contributed by atoms with van der Waals surface area (Å²) < 4.78 is 29.5. The Morgan fingerprint density at radius 1 is 1.32 bits per heavy atom. The van der Waals surface area contributed by atoms with Gasteiger partial charge in [-0.1, -0.05) is 23.7 Å². The molecule has 2 saturated heterocycles. The molecule has 0 atom stereocenters. The molecule has 28 heavy (non-hydrogen) atoms. The molecular weight excluding hydrogens is 398 g/mol. The maximum Gasteiger partial charge on any atom is 0.193 e. The molecule has 0 saturated carbocycles. The summed E-state index contributed by atoms with van der Waals surface area (Å²) in [6.45, 7) is 6.58. The zero-order valence-electron chi connectivity index (χ0n) is 16.9. The highest BCUT2D eigenvalue weighted by Gasteiger charge is 2.41. The van der Waals surface area contributed by atoms with Crippen LogP contribution in [0.25, 0.3) is 0 Å². The molecule has 3 rings (SSSR count). The summed E-state index contributed by atoms with van der Waals surface area (Å²) in [5.41, 5.74) is 1.11. The third kappa shape index (κ3) is 4.31. The first kappa shape index (κ1) is 21.4. The van der Waals surface area contributed by atoms with E-state index in [0.717, 1.165) is 23.8 Å². The number of aliphatic imine (C=N–C) groups is 1. The van der Waals surface area contributed by atoms with E-state index >= 15 is 0 Å². The van der Waals surface area contributed by atoms with Crippen molar-refractivity contribution in [2.24, 2.45) is 4.99 Å². The Hall–Kier alpha value is -1.31. The molecule has 0 aromatic heterocycles. The third-order valence-electron chi connectivity index (χ3n) is 6.03. The van der Waals surface area contributed by atoms with Crippen LogP contribution < -0.4 is 5.32 Å². The van der Waals surface area contributed by atoms with E-state index in [1.54, 1.807) is 20.9 Å². The van der Waals surface area contributed by atoms with E-state index in [9.17, 15) is 8.42 Å². The minimum absolute atomic E-state index is 0.0868. The Bertz CT molecular complexity index is 833. The van der Waals surface area contributed by atoms with E-state index in [0.29, 0.717) is 32.8 Å². The number of sulfone groups is 1. The lowest BCUT2D eigenvalue weighted by Crippen LogP contribution is -2.58. The fourth-order valence-corrected chi connectivity index (χ4v) is 5.61. The van der Waals surface area contributed by atoms with Gasteiger partial charge in [-0.2, -0.15) is 0 Å². The van der Waals surface area contributed by atoms with Crippen LogP contribution in [0.3, 0.4) is 0 Å². The molecule has 0 unspecified atom stereocenters. The molecule has 1 aromatic rings.